The zero-order chi connectivity index (χ0) is 26.3. The van der Waals surface area contributed by atoms with Crippen molar-refractivity contribution >= 4 is 27.5 Å². The zero-order valence-corrected chi connectivity index (χ0v) is 22.2. The number of Topliss-reactive ketones (excluding diaryl/α,β-unsaturated/α-hetero) is 1. The molecule has 10 nitrogen and oxygen atoms in total. The van der Waals surface area contributed by atoms with Crippen LogP contribution in [0.5, 0.6) is 11.6 Å². The van der Waals surface area contributed by atoms with Crippen molar-refractivity contribution in [1.82, 2.24) is 9.78 Å². The Morgan fingerprint density at radius 1 is 1.25 bits per heavy atom. The van der Waals surface area contributed by atoms with E-state index in [0.717, 1.165) is 6.42 Å². The summed E-state index contributed by atoms with van der Waals surface area (Å²) >= 11 is 0. The van der Waals surface area contributed by atoms with Crippen LogP contribution in [-0.2, 0) is 43.7 Å². The summed E-state index contributed by atoms with van der Waals surface area (Å²) < 4.78 is 48.1. The van der Waals surface area contributed by atoms with Crippen LogP contribution < -0.4 is 13.8 Å². The maximum Gasteiger partial charge on any atom is 0.310 e. The van der Waals surface area contributed by atoms with Gasteiger partial charge in [0, 0.05) is 13.0 Å². The number of carbonyl (C=O) groups excluding carboxylic acids is 2. The van der Waals surface area contributed by atoms with Crippen molar-refractivity contribution in [3.63, 3.8) is 0 Å². The Hall–Kier alpha value is -3.08. The molecule has 196 valence electrons. The first-order valence-electron chi connectivity index (χ1n) is 12.1. The number of aromatic nitrogens is 2. The topological polar surface area (TPSA) is 117 Å². The molecule has 0 bridgehead atoms. The van der Waals surface area contributed by atoms with Crippen molar-refractivity contribution < 1.29 is 32.2 Å². The molecule has 0 fully saturated rings. The molecule has 0 saturated carbocycles. The SMILES string of the molecule is COc1nn2c(c1S(=O)(=O)N1C[C@H](CCC(C)=O)Oc3ccc(CC(=O)OC(C)(C)C)cc31)CCC2. The molecule has 0 N–H and O–H groups in total. The van der Waals surface area contributed by atoms with E-state index in [0.29, 0.717) is 42.1 Å². The van der Waals surface area contributed by atoms with Crippen molar-refractivity contribution in [2.75, 3.05) is 18.0 Å². The number of esters is 1. The maximum atomic E-state index is 14.1. The number of rotatable bonds is 8. The summed E-state index contributed by atoms with van der Waals surface area (Å²) in [6.07, 6.45) is 1.51. The molecule has 0 spiro atoms. The normalized spacial score (nSPS) is 17.2. The first-order valence-corrected chi connectivity index (χ1v) is 13.5. The highest BCUT2D eigenvalue weighted by Gasteiger charge is 2.40. The third kappa shape index (κ3) is 5.35. The van der Waals surface area contributed by atoms with Crippen LogP contribution in [0.4, 0.5) is 5.69 Å². The lowest BCUT2D eigenvalue weighted by Crippen LogP contribution is -2.44. The zero-order valence-electron chi connectivity index (χ0n) is 21.4. The van der Waals surface area contributed by atoms with E-state index in [1.165, 1.54) is 18.3 Å². The molecule has 2 aromatic rings. The van der Waals surface area contributed by atoms with Crippen molar-refractivity contribution in [2.24, 2.45) is 0 Å². The molecule has 36 heavy (non-hydrogen) atoms. The van der Waals surface area contributed by atoms with Crippen LogP contribution in [0.1, 0.15) is 58.2 Å². The van der Waals surface area contributed by atoms with Crippen molar-refractivity contribution in [2.45, 2.75) is 82.9 Å². The van der Waals surface area contributed by atoms with Gasteiger partial charge in [-0.25, -0.2) is 8.42 Å². The summed E-state index contributed by atoms with van der Waals surface area (Å²) in [6, 6.07) is 5.03. The number of ketones is 1. The van der Waals surface area contributed by atoms with Crippen LogP contribution in [0.2, 0.25) is 0 Å². The highest BCUT2D eigenvalue weighted by atomic mass is 32.2. The lowest BCUT2D eigenvalue weighted by Gasteiger charge is -2.35. The molecular weight excluding hydrogens is 486 g/mol. The van der Waals surface area contributed by atoms with E-state index >= 15 is 0 Å². The van der Waals surface area contributed by atoms with Gasteiger partial charge in [0.15, 0.2) is 4.90 Å². The van der Waals surface area contributed by atoms with E-state index in [9.17, 15) is 18.0 Å². The van der Waals surface area contributed by atoms with Crippen LogP contribution in [0.25, 0.3) is 0 Å². The number of sulfonamides is 1. The molecule has 3 heterocycles. The molecule has 0 aliphatic carbocycles. The van der Waals surface area contributed by atoms with Gasteiger partial charge in [0.2, 0.25) is 0 Å². The van der Waals surface area contributed by atoms with Gasteiger partial charge in [-0.15, -0.1) is 5.10 Å². The largest absolute Gasteiger partial charge is 0.486 e. The minimum Gasteiger partial charge on any atom is -0.486 e. The van der Waals surface area contributed by atoms with E-state index < -0.39 is 27.7 Å². The summed E-state index contributed by atoms with van der Waals surface area (Å²) in [5.41, 5.74) is 0.911. The quantitative estimate of drug-likeness (QED) is 0.489. The Kier molecular flexibility index (Phi) is 7.05. The number of aryl methyl sites for hydroxylation is 1. The number of carbonyl (C=O) groups is 2. The molecule has 1 aromatic heterocycles. The summed E-state index contributed by atoms with van der Waals surface area (Å²) in [4.78, 5) is 24.1. The first kappa shape index (κ1) is 26.0. The molecule has 4 rings (SSSR count). The Balaban J connectivity index is 1.74. The first-order chi connectivity index (χ1) is 16.9. The molecule has 1 aromatic carbocycles. The van der Waals surface area contributed by atoms with Crippen molar-refractivity contribution in [1.29, 1.82) is 0 Å². The van der Waals surface area contributed by atoms with E-state index in [1.807, 2.05) is 0 Å². The van der Waals surface area contributed by atoms with Crippen molar-refractivity contribution in [3.8, 4) is 11.6 Å². The average Bonchev–Trinajstić information content (AvgIpc) is 3.36. The van der Waals surface area contributed by atoms with Gasteiger partial charge in [-0.3, -0.25) is 13.8 Å². The lowest BCUT2D eigenvalue weighted by atomic mass is 10.1. The Labute approximate surface area is 211 Å². The number of anilines is 1. The highest BCUT2D eigenvalue weighted by Crippen LogP contribution is 2.42. The number of hydrogen-bond donors (Lipinski definition) is 0. The number of hydrogen-bond acceptors (Lipinski definition) is 8. The minimum atomic E-state index is -4.10. The highest BCUT2D eigenvalue weighted by molar-refractivity contribution is 7.93. The van der Waals surface area contributed by atoms with E-state index in [1.54, 1.807) is 43.7 Å². The molecule has 0 unspecified atom stereocenters. The molecule has 0 amide bonds. The Morgan fingerprint density at radius 2 is 2.00 bits per heavy atom. The van der Waals surface area contributed by atoms with Gasteiger partial charge < -0.3 is 19.0 Å². The molecule has 2 aliphatic rings. The maximum absolute atomic E-state index is 14.1. The Morgan fingerprint density at radius 3 is 2.67 bits per heavy atom. The summed E-state index contributed by atoms with van der Waals surface area (Å²) in [5, 5.41) is 4.35. The fraction of sp³-hybridized carbons (Fsp3) is 0.560. The summed E-state index contributed by atoms with van der Waals surface area (Å²) in [7, 11) is -2.70. The van der Waals surface area contributed by atoms with Gasteiger partial charge in [0.1, 0.15) is 23.2 Å². The number of fused-ring (bicyclic) bond motifs is 2. The van der Waals surface area contributed by atoms with Gasteiger partial charge >= 0.3 is 5.97 Å². The van der Waals surface area contributed by atoms with Crippen LogP contribution in [0.3, 0.4) is 0 Å². The van der Waals surface area contributed by atoms with Gasteiger partial charge in [0.05, 0.1) is 31.5 Å². The molecule has 0 saturated heterocycles. The van der Waals surface area contributed by atoms with Crippen LogP contribution in [0.15, 0.2) is 23.1 Å². The van der Waals surface area contributed by atoms with Crippen LogP contribution in [0, 0.1) is 0 Å². The predicted octanol–water partition coefficient (Wildman–Crippen LogP) is 3.05. The van der Waals surface area contributed by atoms with Crippen LogP contribution >= 0.6 is 0 Å². The lowest BCUT2D eigenvalue weighted by molar-refractivity contribution is -0.153. The predicted molar refractivity (Wildman–Crippen MR) is 132 cm³/mol. The fourth-order valence-electron chi connectivity index (χ4n) is 4.54. The summed E-state index contributed by atoms with van der Waals surface area (Å²) in [6.45, 7) is 7.51. The van der Waals surface area contributed by atoms with Crippen LogP contribution in [-0.4, -0.2) is 55.3 Å². The molecule has 0 radical (unpaired) electrons. The monoisotopic (exact) mass is 519 g/mol. The van der Waals surface area contributed by atoms with E-state index in [2.05, 4.69) is 5.10 Å². The van der Waals surface area contributed by atoms with Gasteiger partial charge in [-0.2, -0.15) is 0 Å². The molecular formula is C25H33N3O7S. The van der Waals surface area contributed by atoms with Gasteiger partial charge in [0.25, 0.3) is 15.9 Å². The molecule has 11 heteroatoms. The number of methoxy groups -OCH3 is 1. The molecule has 2 aliphatic heterocycles. The number of nitrogens with zero attached hydrogens (tertiary/aromatic N) is 3. The standard InChI is InChI=1S/C25H33N3O7S/c1-16(29)8-10-18-15-28(36(31,32)23-19-7-6-12-27(19)26-24(23)33-5)20-13-17(9-11-21(20)34-18)14-22(30)35-25(2,3)4/h9,11,13,18H,6-8,10,12,14-15H2,1-5H3/t18-/m0/s1. The van der Waals surface area contributed by atoms with E-state index in [4.69, 9.17) is 14.2 Å². The third-order valence-corrected chi connectivity index (χ3v) is 7.90. The minimum absolute atomic E-state index is 0.00244. The second-order valence-electron chi connectivity index (χ2n) is 10.2. The summed E-state index contributed by atoms with van der Waals surface area (Å²) in [5.74, 6) is 0.0173. The second-order valence-corrected chi connectivity index (χ2v) is 12.0. The fourth-order valence-corrected chi connectivity index (χ4v) is 6.37. The second kappa shape index (κ2) is 9.76. The smallest absolute Gasteiger partial charge is 0.310 e. The third-order valence-electron chi connectivity index (χ3n) is 6.05. The number of ether oxygens (including phenoxy) is 3. The molecule has 1 atom stereocenters. The van der Waals surface area contributed by atoms with E-state index in [-0.39, 0.29) is 35.9 Å². The average molecular weight is 520 g/mol. The Bertz CT molecular complexity index is 1280. The number of benzene rings is 1. The van der Waals surface area contributed by atoms with Crippen molar-refractivity contribution in [3.05, 3.63) is 29.5 Å². The van der Waals surface area contributed by atoms with Gasteiger partial charge in [-0.05, 0) is 64.7 Å². The van der Waals surface area contributed by atoms with Gasteiger partial charge in [-0.1, -0.05) is 6.07 Å².